The minimum Gasteiger partial charge on any atom is -0.508 e. The molecule has 0 bridgehead atoms. The second kappa shape index (κ2) is 18.2. The Morgan fingerprint density at radius 1 is 0.824 bits per heavy atom. The Balaban J connectivity index is 0.000000160. The lowest BCUT2D eigenvalue weighted by Gasteiger charge is -2.21. The zero-order valence-electron chi connectivity index (χ0n) is 30.8. The predicted molar refractivity (Wildman–Crippen MR) is 210 cm³/mol. The molecular weight excluding hydrogens is 640 g/mol. The molecule has 0 unspecified atom stereocenters. The molecule has 270 valence electrons. The molecule has 3 aliphatic heterocycles. The number of phenols is 1. The lowest BCUT2D eigenvalue weighted by molar-refractivity contribution is 0.416. The molecule has 7 rings (SSSR count). The van der Waals surface area contributed by atoms with E-state index in [9.17, 15) is 10.0 Å². The first-order valence-electron chi connectivity index (χ1n) is 18.4. The zero-order chi connectivity index (χ0) is 36.2. The third-order valence-electron chi connectivity index (χ3n) is 9.64. The topological polar surface area (TPSA) is 97.7 Å². The van der Waals surface area contributed by atoms with Crippen LogP contribution < -0.4 is 29.4 Å². The Kier molecular flexibility index (Phi) is 13.3. The number of nitrogens with zero attached hydrogens (tertiary/aromatic N) is 6. The van der Waals surface area contributed by atoms with Crippen molar-refractivity contribution < 1.29 is 14.3 Å². The van der Waals surface area contributed by atoms with Gasteiger partial charge in [0.1, 0.15) is 41.5 Å². The predicted octanol–water partition coefficient (Wildman–Crippen LogP) is 8.28. The lowest BCUT2D eigenvalue weighted by Crippen LogP contribution is -2.26. The van der Waals surface area contributed by atoms with Gasteiger partial charge in [-0.1, -0.05) is 6.07 Å². The summed E-state index contributed by atoms with van der Waals surface area (Å²) < 4.78 is 13.7. The molecule has 0 radical (unpaired) electrons. The largest absolute Gasteiger partial charge is 0.508 e. The minimum absolute atomic E-state index is 0.341. The van der Waals surface area contributed by atoms with Crippen LogP contribution in [0.1, 0.15) is 53.4 Å². The number of aromatic nitrogens is 1. The first-order valence-corrected chi connectivity index (χ1v) is 18.4. The first kappa shape index (κ1) is 37.1. The zero-order valence-corrected chi connectivity index (χ0v) is 30.8. The first-order chi connectivity index (χ1) is 24.9. The van der Waals surface area contributed by atoms with Crippen LogP contribution in [0.4, 0.5) is 22.7 Å². The average molecular weight is 694 g/mol. The number of fused-ring (bicyclic) bond motifs is 2. The fraction of sp³-hybridized carbons (Fsp3) is 0.415. The molecule has 0 aromatic heterocycles. The highest BCUT2D eigenvalue weighted by atomic mass is 16.5. The standard InChI is InChI=1S/C20H24N3O.C11H16N2O2.C10H13NO/c1-3-22(4-2)15-7-9-17-19(13-15)24-20-14-16(8-10-18(20)21-17)23-11-5-6-12-23;1-4-13(5-2)9-6-7-10(12-14)11(8-9)15-3;12-10-5-3-4-9(8-10)11-6-1-2-7-11/h7-10,13-14H,3-6,11-12H2,1-2H3;6-8H,4-5H2,1-3H3;3-5,8,12H,1-2,6-7H2/q+1;;. The van der Waals surface area contributed by atoms with Gasteiger partial charge in [-0.2, -0.15) is 0 Å². The highest BCUT2D eigenvalue weighted by Crippen LogP contribution is 2.32. The van der Waals surface area contributed by atoms with Crippen molar-refractivity contribution in [2.45, 2.75) is 53.4 Å². The maximum absolute atomic E-state index is 10.5. The highest BCUT2D eigenvalue weighted by molar-refractivity contribution is 5.80. The van der Waals surface area contributed by atoms with Crippen LogP contribution >= 0.6 is 0 Å². The summed E-state index contributed by atoms with van der Waals surface area (Å²) in [5.41, 5.74) is 6.40. The van der Waals surface area contributed by atoms with E-state index in [0.717, 1.165) is 86.3 Å². The molecule has 1 aliphatic carbocycles. The minimum atomic E-state index is 0.341. The van der Waals surface area contributed by atoms with Gasteiger partial charge in [-0.3, -0.25) is 0 Å². The highest BCUT2D eigenvalue weighted by Gasteiger charge is 2.17. The summed E-state index contributed by atoms with van der Waals surface area (Å²) in [5.74, 6) is 1.75. The van der Waals surface area contributed by atoms with E-state index in [1.165, 1.54) is 43.8 Å². The van der Waals surface area contributed by atoms with E-state index >= 15 is 0 Å². The van der Waals surface area contributed by atoms with Crippen molar-refractivity contribution in [3.05, 3.63) is 89.1 Å². The molecule has 51 heavy (non-hydrogen) atoms. The number of benzene rings is 4. The van der Waals surface area contributed by atoms with E-state index in [0.29, 0.717) is 17.2 Å². The molecule has 4 aliphatic rings. The molecule has 3 aromatic rings. The van der Waals surface area contributed by atoms with Gasteiger partial charge < -0.3 is 29.0 Å². The normalized spacial score (nSPS) is 13.7. The van der Waals surface area contributed by atoms with Gasteiger partial charge >= 0.3 is 0 Å². The van der Waals surface area contributed by atoms with E-state index in [1.807, 2.05) is 30.3 Å². The fourth-order valence-corrected chi connectivity index (χ4v) is 6.75. The number of ether oxygens (including phenoxy) is 1. The summed E-state index contributed by atoms with van der Waals surface area (Å²) >= 11 is 0. The van der Waals surface area contributed by atoms with Crippen LogP contribution in [0.2, 0.25) is 0 Å². The fourth-order valence-electron chi connectivity index (χ4n) is 6.75. The number of aromatic hydroxyl groups is 1. The number of hydrogen-bond acceptors (Lipinski definition) is 9. The van der Waals surface area contributed by atoms with Crippen molar-refractivity contribution in [3.63, 3.8) is 0 Å². The van der Waals surface area contributed by atoms with Gasteiger partial charge in [0.25, 0.3) is 0 Å². The molecular formula is C41H53N6O4+. The molecule has 0 spiro atoms. The Hall–Kier alpha value is -5.12. The summed E-state index contributed by atoms with van der Waals surface area (Å²) in [6.45, 7) is 16.9. The van der Waals surface area contributed by atoms with Gasteiger partial charge in [-0.15, -0.1) is 4.91 Å². The molecule has 3 aromatic carbocycles. The van der Waals surface area contributed by atoms with Crippen LogP contribution in [0.25, 0.3) is 22.6 Å². The average Bonchev–Trinajstić information content (AvgIpc) is 3.92. The van der Waals surface area contributed by atoms with Crippen LogP contribution in [0, 0.1) is 4.91 Å². The van der Waals surface area contributed by atoms with E-state index in [2.05, 4.69) is 88.5 Å². The van der Waals surface area contributed by atoms with Crippen LogP contribution in [0.15, 0.2) is 88.5 Å². The van der Waals surface area contributed by atoms with E-state index < -0.39 is 0 Å². The molecule has 0 saturated carbocycles. The Morgan fingerprint density at radius 3 is 2.12 bits per heavy atom. The third kappa shape index (κ3) is 9.36. The smallest absolute Gasteiger partial charge is 0.203 e. The quantitative estimate of drug-likeness (QED) is 0.0936. The summed E-state index contributed by atoms with van der Waals surface area (Å²) in [7, 11) is 1.54. The van der Waals surface area contributed by atoms with Crippen LogP contribution in [-0.2, 0) is 0 Å². The molecule has 2 fully saturated rings. The van der Waals surface area contributed by atoms with Gasteiger partial charge in [-0.25, -0.2) is 9.56 Å². The van der Waals surface area contributed by atoms with Crippen LogP contribution in [0.3, 0.4) is 0 Å². The van der Waals surface area contributed by atoms with E-state index in [4.69, 9.17) is 14.1 Å². The SMILES string of the molecule is CCN(CC)c1ccc(N=O)c(OC)c1.CCN(CC)c1ccc2nc3ccc(=[N+]4CCCC4)cc-3oc2c1.Oc1cccc(N2CCCC2)c1. The van der Waals surface area contributed by atoms with Crippen LogP contribution in [0.5, 0.6) is 11.5 Å². The van der Waals surface area contributed by atoms with Gasteiger partial charge in [0, 0.05) is 93.4 Å². The van der Waals surface area contributed by atoms with Gasteiger partial charge in [-0.05, 0) is 88.2 Å². The van der Waals surface area contributed by atoms with Crippen LogP contribution in [-0.4, -0.2) is 69.6 Å². The molecule has 1 N–H and O–H groups in total. The molecule has 10 heteroatoms. The van der Waals surface area contributed by atoms with Crippen molar-refractivity contribution in [1.82, 2.24) is 9.56 Å². The van der Waals surface area contributed by atoms with Crippen molar-refractivity contribution >= 4 is 33.8 Å². The summed E-state index contributed by atoms with van der Waals surface area (Å²) in [6, 6.07) is 25.5. The molecule has 0 atom stereocenters. The Labute approximate surface area is 301 Å². The summed E-state index contributed by atoms with van der Waals surface area (Å²) in [6.07, 6.45) is 5.10. The Morgan fingerprint density at radius 2 is 1.49 bits per heavy atom. The molecule has 10 nitrogen and oxygen atoms in total. The van der Waals surface area contributed by atoms with Gasteiger partial charge in [0.05, 0.1) is 13.2 Å². The lowest BCUT2D eigenvalue weighted by atomic mass is 10.2. The number of rotatable bonds is 9. The number of nitroso groups, excluding NO2 is 1. The number of hydrogen-bond donors (Lipinski definition) is 1. The number of anilines is 3. The van der Waals surface area contributed by atoms with Crippen molar-refractivity contribution in [2.24, 2.45) is 5.18 Å². The summed E-state index contributed by atoms with van der Waals surface area (Å²) in [4.78, 5) is 22.0. The van der Waals surface area contributed by atoms with Gasteiger partial charge in [0.2, 0.25) is 5.36 Å². The van der Waals surface area contributed by atoms with E-state index in [1.54, 1.807) is 12.1 Å². The Bertz CT molecular complexity index is 1900. The number of methoxy groups -OCH3 is 1. The van der Waals surface area contributed by atoms with Crippen molar-refractivity contribution in [3.8, 4) is 23.0 Å². The summed E-state index contributed by atoms with van der Waals surface area (Å²) in [5, 5.41) is 13.4. The molecule has 2 saturated heterocycles. The maximum Gasteiger partial charge on any atom is 0.203 e. The van der Waals surface area contributed by atoms with E-state index in [-0.39, 0.29) is 0 Å². The maximum atomic E-state index is 10.5. The monoisotopic (exact) mass is 693 g/mol. The molecule has 0 amide bonds. The van der Waals surface area contributed by atoms with Crippen molar-refractivity contribution in [1.29, 1.82) is 0 Å². The second-order valence-corrected chi connectivity index (χ2v) is 12.7. The third-order valence-corrected chi connectivity index (χ3v) is 9.64. The number of phenolic OH excluding ortho intramolecular Hbond substituents is 1. The van der Waals surface area contributed by atoms with Gasteiger partial charge in [0.15, 0.2) is 11.3 Å². The molecule has 3 heterocycles. The second-order valence-electron chi connectivity index (χ2n) is 12.7. The van der Waals surface area contributed by atoms with Crippen molar-refractivity contribution in [2.75, 3.05) is 74.2 Å².